The van der Waals surface area contributed by atoms with Crippen molar-refractivity contribution in [2.75, 3.05) is 11.9 Å². The van der Waals surface area contributed by atoms with E-state index in [9.17, 15) is 13.2 Å². The number of sulfone groups is 1. The zero-order valence-electron chi connectivity index (χ0n) is 18.4. The molecule has 11 heteroatoms. The number of hydrogen-bond acceptors (Lipinski definition) is 9. The highest BCUT2D eigenvalue weighted by Gasteiger charge is 2.45. The summed E-state index contributed by atoms with van der Waals surface area (Å²) in [5.74, 6) is -0.919. The Kier molecular flexibility index (Phi) is 6.80. The number of aliphatic carboxylic acids is 1. The Hall–Kier alpha value is -4.22. The number of rotatable bonds is 9. The van der Waals surface area contributed by atoms with Crippen molar-refractivity contribution < 1.29 is 18.3 Å². The van der Waals surface area contributed by atoms with Crippen molar-refractivity contribution in [2.24, 2.45) is 5.73 Å². The van der Waals surface area contributed by atoms with E-state index in [-0.39, 0.29) is 22.8 Å². The molecular formula is C24H22N6O4S. The van der Waals surface area contributed by atoms with Gasteiger partial charge in [-0.15, -0.1) is 0 Å². The molecule has 0 saturated heterocycles. The third-order valence-corrected chi connectivity index (χ3v) is 7.46. The molecule has 0 aliphatic carbocycles. The second-order valence-corrected chi connectivity index (χ2v) is 9.92. The number of carboxylic acid groups (broad SMARTS) is 1. The first-order chi connectivity index (χ1) is 16.8. The van der Waals surface area contributed by atoms with E-state index in [4.69, 9.17) is 10.8 Å². The lowest BCUT2D eigenvalue weighted by atomic mass is 10.0. The Morgan fingerprint density at radius 2 is 1.80 bits per heavy atom. The van der Waals surface area contributed by atoms with Gasteiger partial charge in [0, 0.05) is 24.4 Å². The maximum Gasteiger partial charge on any atom is 0.322 e. The van der Waals surface area contributed by atoms with Crippen molar-refractivity contribution in [3.8, 4) is 11.1 Å². The highest BCUT2D eigenvalue weighted by Crippen LogP contribution is 2.34. The first kappa shape index (κ1) is 23.9. The monoisotopic (exact) mass is 490 g/mol. The number of pyridine rings is 2. The molecular weight excluding hydrogens is 468 g/mol. The highest BCUT2D eigenvalue weighted by molar-refractivity contribution is 7.92. The Labute approximate surface area is 201 Å². The van der Waals surface area contributed by atoms with Gasteiger partial charge in [-0.25, -0.2) is 13.4 Å². The summed E-state index contributed by atoms with van der Waals surface area (Å²) < 4.78 is 27.6. The molecule has 3 aromatic heterocycles. The average molecular weight is 491 g/mol. The first-order valence-corrected chi connectivity index (χ1v) is 12.0. The number of carbonyl (C=O) groups is 1. The van der Waals surface area contributed by atoms with E-state index < -0.39 is 27.2 Å². The van der Waals surface area contributed by atoms with Crippen LogP contribution in [0.4, 0.5) is 5.82 Å². The van der Waals surface area contributed by atoms with Crippen LogP contribution in [0.5, 0.6) is 0 Å². The predicted molar refractivity (Wildman–Crippen MR) is 129 cm³/mol. The lowest BCUT2D eigenvalue weighted by Crippen LogP contribution is -2.47. The van der Waals surface area contributed by atoms with Crippen LogP contribution >= 0.6 is 0 Å². The molecule has 0 aliphatic rings. The number of nitrogens with two attached hydrogens (primary N) is 1. The summed E-state index contributed by atoms with van der Waals surface area (Å²) >= 11 is 0. The van der Waals surface area contributed by atoms with Gasteiger partial charge in [-0.05, 0) is 35.9 Å². The van der Waals surface area contributed by atoms with Gasteiger partial charge in [0.05, 0.1) is 22.5 Å². The summed E-state index contributed by atoms with van der Waals surface area (Å²) in [5, 5.41) is 19.8. The molecule has 0 fully saturated rings. The molecule has 0 bridgehead atoms. The van der Waals surface area contributed by atoms with Gasteiger partial charge in [-0.2, -0.15) is 10.2 Å². The van der Waals surface area contributed by atoms with Crippen LogP contribution < -0.4 is 11.1 Å². The molecule has 0 aliphatic heterocycles. The van der Waals surface area contributed by atoms with Crippen molar-refractivity contribution in [3.05, 3.63) is 96.7 Å². The highest BCUT2D eigenvalue weighted by atomic mass is 32.2. The Bertz CT molecular complexity index is 1430. The van der Waals surface area contributed by atoms with E-state index >= 15 is 0 Å². The molecule has 3 heterocycles. The molecule has 0 amide bonds. The minimum atomic E-state index is -4.24. The Morgan fingerprint density at radius 1 is 1.00 bits per heavy atom. The molecule has 178 valence electrons. The van der Waals surface area contributed by atoms with Gasteiger partial charge in [0.2, 0.25) is 9.84 Å². The second-order valence-electron chi connectivity index (χ2n) is 7.72. The Morgan fingerprint density at radius 3 is 2.51 bits per heavy atom. The normalized spacial score (nSPS) is 13.1. The minimum Gasteiger partial charge on any atom is -0.480 e. The third kappa shape index (κ3) is 5.15. The fourth-order valence-corrected chi connectivity index (χ4v) is 5.13. The number of nitrogens with one attached hydrogen (secondary N) is 1. The third-order valence-electron chi connectivity index (χ3n) is 5.28. The standard InChI is InChI=1S/C24H22N6O4S/c25-24(35(33,34)20-8-5-11-26-15-20,21-9-4-10-22(29-21)27-16-23(31)32)13-19-12-18(14-28-30-19)17-6-2-1-3-7-17/h1-12,14-15H,13,16,25H2,(H,27,29)(H,31,32). The van der Waals surface area contributed by atoms with Gasteiger partial charge in [0.1, 0.15) is 12.4 Å². The van der Waals surface area contributed by atoms with Crippen molar-refractivity contribution >= 4 is 21.6 Å². The summed E-state index contributed by atoms with van der Waals surface area (Å²) in [7, 11) is -4.24. The van der Waals surface area contributed by atoms with Gasteiger partial charge >= 0.3 is 5.97 Å². The summed E-state index contributed by atoms with van der Waals surface area (Å²) in [5.41, 5.74) is 8.68. The number of nitrogens with zero attached hydrogens (tertiary/aromatic N) is 4. The molecule has 0 saturated carbocycles. The molecule has 4 aromatic rings. The van der Waals surface area contributed by atoms with E-state index in [1.54, 1.807) is 18.3 Å². The summed E-state index contributed by atoms with van der Waals surface area (Å²) in [6.07, 6.45) is 4.02. The molecule has 0 spiro atoms. The molecule has 1 aromatic carbocycles. The van der Waals surface area contributed by atoms with E-state index in [0.717, 1.165) is 11.1 Å². The predicted octanol–water partition coefficient (Wildman–Crippen LogP) is 2.26. The first-order valence-electron chi connectivity index (χ1n) is 10.5. The Balaban J connectivity index is 1.81. The number of aromatic nitrogens is 4. The minimum absolute atomic E-state index is 0.0173. The van der Waals surface area contributed by atoms with E-state index in [1.165, 1.54) is 36.7 Å². The molecule has 35 heavy (non-hydrogen) atoms. The zero-order valence-corrected chi connectivity index (χ0v) is 19.3. The molecule has 1 atom stereocenters. The average Bonchev–Trinajstić information content (AvgIpc) is 2.88. The summed E-state index contributed by atoms with van der Waals surface area (Å²) in [6.45, 7) is -0.395. The largest absolute Gasteiger partial charge is 0.480 e. The second kappa shape index (κ2) is 9.95. The van der Waals surface area contributed by atoms with Crippen LogP contribution in [0.15, 0.2) is 90.2 Å². The van der Waals surface area contributed by atoms with Crippen LogP contribution in [0, 0.1) is 0 Å². The van der Waals surface area contributed by atoms with Crippen molar-refractivity contribution in [1.29, 1.82) is 0 Å². The van der Waals surface area contributed by atoms with Crippen molar-refractivity contribution in [2.45, 2.75) is 16.2 Å². The molecule has 0 radical (unpaired) electrons. The maximum atomic E-state index is 13.8. The number of carboxylic acids is 1. The van der Waals surface area contributed by atoms with Crippen molar-refractivity contribution in [1.82, 2.24) is 20.2 Å². The van der Waals surface area contributed by atoms with Gasteiger partial charge in [0.25, 0.3) is 0 Å². The molecule has 4 rings (SSSR count). The van der Waals surface area contributed by atoms with Gasteiger partial charge in [-0.1, -0.05) is 36.4 Å². The van der Waals surface area contributed by atoms with Crippen LogP contribution in [0.2, 0.25) is 0 Å². The quantitative estimate of drug-likeness (QED) is 0.317. The zero-order chi connectivity index (χ0) is 24.9. The topological polar surface area (TPSA) is 161 Å². The van der Waals surface area contributed by atoms with Crippen molar-refractivity contribution in [3.63, 3.8) is 0 Å². The van der Waals surface area contributed by atoms with E-state index in [0.29, 0.717) is 5.69 Å². The summed E-state index contributed by atoms with van der Waals surface area (Å²) in [4.78, 5) is 17.1. The van der Waals surface area contributed by atoms with Crippen LogP contribution in [0.3, 0.4) is 0 Å². The molecule has 1 unspecified atom stereocenters. The lowest BCUT2D eigenvalue weighted by Gasteiger charge is -2.29. The van der Waals surface area contributed by atoms with Crippen LogP contribution in [0.1, 0.15) is 11.4 Å². The SMILES string of the molecule is NC(Cc1cc(-c2ccccc2)cnn1)(c1cccc(NCC(=O)O)n1)S(=O)(=O)c1cccnc1. The van der Waals surface area contributed by atoms with E-state index in [1.807, 2.05) is 30.3 Å². The van der Waals surface area contributed by atoms with Crippen LogP contribution in [0.25, 0.3) is 11.1 Å². The maximum absolute atomic E-state index is 13.8. The van der Waals surface area contributed by atoms with Crippen LogP contribution in [-0.2, 0) is 25.9 Å². The number of hydrogen-bond donors (Lipinski definition) is 3. The fourth-order valence-electron chi connectivity index (χ4n) is 3.53. The fraction of sp³-hybridized carbons (Fsp3) is 0.125. The number of benzene rings is 1. The van der Waals surface area contributed by atoms with Gasteiger partial charge in [-0.3, -0.25) is 9.78 Å². The summed E-state index contributed by atoms with van der Waals surface area (Å²) in [6, 6.07) is 18.7. The van der Waals surface area contributed by atoms with Gasteiger partial charge in [0.15, 0.2) is 4.87 Å². The number of anilines is 1. The molecule has 4 N–H and O–H groups in total. The van der Waals surface area contributed by atoms with Crippen LogP contribution in [-0.4, -0.2) is 46.2 Å². The van der Waals surface area contributed by atoms with Gasteiger partial charge < -0.3 is 16.2 Å². The smallest absolute Gasteiger partial charge is 0.322 e. The molecule has 10 nitrogen and oxygen atoms in total. The lowest BCUT2D eigenvalue weighted by molar-refractivity contribution is -0.134. The van der Waals surface area contributed by atoms with E-state index in [2.05, 4.69) is 25.5 Å².